The zero-order valence-electron chi connectivity index (χ0n) is 34.1. The summed E-state index contributed by atoms with van der Waals surface area (Å²) in [6.07, 6.45) is 17.9. The van der Waals surface area contributed by atoms with Crippen LogP contribution in [0.1, 0.15) is 180 Å². The largest absolute Gasteiger partial charge is 0.461 e. The normalized spacial score (nSPS) is 36.4. The van der Waals surface area contributed by atoms with Crippen LogP contribution in [0.25, 0.3) is 0 Å². The maximum absolute atomic E-state index is 14.5. The summed E-state index contributed by atoms with van der Waals surface area (Å²) in [5.41, 5.74) is 2.10. The smallest absolute Gasteiger partial charge is 0.309 e. The minimum atomic E-state index is -0.424. The lowest BCUT2D eigenvalue weighted by molar-refractivity contribution is -0.176. The summed E-state index contributed by atoms with van der Waals surface area (Å²) in [6, 6.07) is 0. The fraction of sp³-hybridized carbons (Fsp3) is 0.933. The van der Waals surface area contributed by atoms with Crippen molar-refractivity contribution >= 4 is 5.97 Å². The molecule has 4 aliphatic carbocycles. The molecule has 3 heteroatoms. The van der Waals surface area contributed by atoms with Gasteiger partial charge in [0, 0.05) is 11.8 Å². The summed E-state index contributed by atoms with van der Waals surface area (Å²) in [7, 11) is 0. The minimum Gasteiger partial charge on any atom is -0.461 e. The molecular formula is C45H80O3. The average Bonchev–Trinajstić information content (AvgIpc) is 3.29. The molecule has 4 rings (SSSR count). The van der Waals surface area contributed by atoms with Crippen LogP contribution in [0.2, 0.25) is 0 Å². The third-order valence-electron chi connectivity index (χ3n) is 14.5. The predicted octanol–water partition coefficient (Wildman–Crippen LogP) is 12.5. The minimum absolute atomic E-state index is 0.00769. The topological polar surface area (TPSA) is 46.5 Å². The molecule has 0 saturated heterocycles. The molecule has 4 unspecified atom stereocenters. The lowest BCUT2D eigenvalue weighted by Crippen LogP contribution is -2.57. The summed E-state index contributed by atoms with van der Waals surface area (Å²) < 4.78 is 6.83. The third kappa shape index (κ3) is 9.14. The Bertz CT molecular complexity index is 1090. The second kappa shape index (κ2) is 15.4. The van der Waals surface area contributed by atoms with Crippen molar-refractivity contribution in [1.82, 2.24) is 0 Å². The van der Waals surface area contributed by atoms with Gasteiger partial charge in [0.2, 0.25) is 0 Å². The summed E-state index contributed by atoms with van der Waals surface area (Å²) in [5.74, 6) is 5.15. The standard InChI is InChI=1S/C45H80O3/c1-29(2)15-14-16-31(4)37-21-22-38-36-20-18-33-25-34(46)26-40(45(33,13)39(36)23-24-44(37,38)12)48-41(47)35(32(5)28-43(9,10)11)19-17-30(3)27-42(6,7)8/h18,29-32,34-40,46H,14-17,19-28H2,1-13H3/t30?,31-,32?,34-,35?,36+,37-,38+,39+,40?,44-,45+/m1/s1. The molecule has 48 heavy (non-hydrogen) atoms. The van der Waals surface area contributed by atoms with E-state index >= 15 is 0 Å². The molecule has 1 N–H and O–H groups in total. The third-order valence-corrected chi connectivity index (χ3v) is 14.5. The Labute approximate surface area is 298 Å². The van der Waals surface area contributed by atoms with Crippen molar-refractivity contribution in [3.05, 3.63) is 11.6 Å². The highest BCUT2D eigenvalue weighted by Crippen LogP contribution is 2.67. The number of carbonyl (C=O) groups excluding carboxylic acids is 1. The van der Waals surface area contributed by atoms with Gasteiger partial charge in [-0.25, -0.2) is 0 Å². The lowest BCUT2D eigenvalue weighted by atomic mass is 9.46. The van der Waals surface area contributed by atoms with Crippen LogP contribution in [0.4, 0.5) is 0 Å². The van der Waals surface area contributed by atoms with Crippen molar-refractivity contribution < 1.29 is 14.6 Å². The number of hydrogen-bond donors (Lipinski definition) is 1. The van der Waals surface area contributed by atoms with Gasteiger partial charge in [0.15, 0.2) is 0 Å². The van der Waals surface area contributed by atoms with Gasteiger partial charge in [-0.1, -0.05) is 121 Å². The monoisotopic (exact) mass is 669 g/mol. The molecule has 0 bridgehead atoms. The Morgan fingerprint density at radius 3 is 2.19 bits per heavy atom. The van der Waals surface area contributed by atoms with E-state index in [1.165, 1.54) is 56.9 Å². The lowest BCUT2D eigenvalue weighted by Gasteiger charge is -2.60. The van der Waals surface area contributed by atoms with E-state index in [1.54, 1.807) is 0 Å². The van der Waals surface area contributed by atoms with Gasteiger partial charge in [-0.15, -0.1) is 0 Å². The van der Waals surface area contributed by atoms with E-state index in [2.05, 4.69) is 96.1 Å². The predicted molar refractivity (Wildman–Crippen MR) is 204 cm³/mol. The summed E-state index contributed by atoms with van der Waals surface area (Å²) in [4.78, 5) is 14.5. The van der Waals surface area contributed by atoms with Crippen LogP contribution in [0.5, 0.6) is 0 Å². The van der Waals surface area contributed by atoms with Gasteiger partial charge in [0.25, 0.3) is 0 Å². The molecule has 3 nitrogen and oxygen atoms in total. The number of aliphatic hydroxyl groups excluding tert-OH is 1. The van der Waals surface area contributed by atoms with Gasteiger partial charge >= 0.3 is 5.97 Å². The van der Waals surface area contributed by atoms with Crippen LogP contribution >= 0.6 is 0 Å². The first-order chi connectivity index (χ1) is 22.2. The summed E-state index contributed by atoms with van der Waals surface area (Å²) >= 11 is 0. The Kier molecular flexibility index (Phi) is 12.8. The van der Waals surface area contributed by atoms with E-state index in [9.17, 15) is 9.90 Å². The number of esters is 1. The van der Waals surface area contributed by atoms with Crippen molar-refractivity contribution in [3.8, 4) is 0 Å². The van der Waals surface area contributed by atoms with Crippen LogP contribution < -0.4 is 0 Å². The zero-order chi connectivity index (χ0) is 35.8. The molecule has 0 aromatic carbocycles. The number of allylic oxidation sites excluding steroid dienone is 1. The van der Waals surface area contributed by atoms with E-state index in [0.717, 1.165) is 55.8 Å². The highest BCUT2D eigenvalue weighted by atomic mass is 16.5. The number of fused-ring (bicyclic) bond motifs is 5. The molecule has 278 valence electrons. The molecule has 0 heterocycles. The van der Waals surface area contributed by atoms with E-state index in [1.807, 2.05) is 0 Å². The van der Waals surface area contributed by atoms with Crippen molar-refractivity contribution in [1.29, 1.82) is 0 Å². The Hall–Kier alpha value is -0.830. The van der Waals surface area contributed by atoms with Crippen LogP contribution in [0.3, 0.4) is 0 Å². The van der Waals surface area contributed by atoms with Crippen LogP contribution in [-0.2, 0) is 9.53 Å². The highest BCUT2D eigenvalue weighted by molar-refractivity contribution is 5.73. The fourth-order valence-electron chi connectivity index (χ4n) is 12.5. The van der Waals surface area contributed by atoms with Crippen molar-refractivity contribution in [3.63, 3.8) is 0 Å². The number of hydrogen-bond acceptors (Lipinski definition) is 3. The van der Waals surface area contributed by atoms with E-state index in [0.29, 0.717) is 35.0 Å². The summed E-state index contributed by atoms with van der Waals surface area (Å²) in [5, 5.41) is 11.2. The molecule has 12 atom stereocenters. The number of carbonyl (C=O) groups is 1. The SMILES string of the molecule is CC(C)CCC[C@@H](C)[C@H]1CC[C@H]2[C@@H]3CC=C4C[C@@H](O)CC(OC(=O)C(CCC(C)CC(C)(C)C)C(C)CC(C)(C)C)[C@]4(C)[C@H]3CC[C@]12C. The molecule has 0 aromatic rings. The van der Waals surface area contributed by atoms with Crippen molar-refractivity contribution in [2.24, 2.45) is 74.9 Å². The van der Waals surface area contributed by atoms with Crippen LogP contribution in [0.15, 0.2) is 11.6 Å². The first kappa shape index (κ1) is 39.9. The molecule has 0 aromatic heterocycles. The molecular weight excluding hydrogens is 588 g/mol. The first-order valence-corrected chi connectivity index (χ1v) is 20.7. The van der Waals surface area contributed by atoms with E-state index < -0.39 is 6.10 Å². The maximum Gasteiger partial charge on any atom is 0.309 e. The number of ether oxygens (including phenoxy) is 1. The molecule has 0 aliphatic heterocycles. The molecule has 3 saturated carbocycles. The second-order valence-electron chi connectivity index (χ2n) is 21.5. The van der Waals surface area contributed by atoms with E-state index in [4.69, 9.17) is 4.74 Å². The Morgan fingerprint density at radius 1 is 0.896 bits per heavy atom. The van der Waals surface area contributed by atoms with Crippen LogP contribution in [0, 0.1) is 74.9 Å². The van der Waals surface area contributed by atoms with Gasteiger partial charge in [-0.05, 0) is 128 Å². The van der Waals surface area contributed by atoms with Crippen molar-refractivity contribution in [2.75, 3.05) is 0 Å². The van der Waals surface area contributed by atoms with Crippen molar-refractivity contribution in [2.45, 2.75) is 192 Å². The van der Waals surface area contributed by atoms with Gasteiger partial charge in [0.1, 0.15) is 6.10 Å². The van der Waals surface area contributed by atoms with E-state index in [-0.39, 0.29) is 34.7 Å². The van der Waals surface area contributed by atoms with Gasteiger partial charge < -0.3 is 9.84 Å². The Morgan fingerprint density at radius 2 is 1.56 bits per heavy atom. The van der Waals surface area contributed by atoms with Gasteiger partial charge in [-0.3, -0.25) is 4.79 Å². The molecule has 0 amide bonds. The van der Waals surface area contributed by atoms with Gasteiger partial charge in [0.05, 0.1) is 12.0 Å². The number of aliphatic hydroxyl groups is 1. The maximum atomic E-state index is 14.5. The first-order valence-electron chi connectivity index (χ1n) is 20.7. The van der Waals surface area contributed by atoms with Crippen LogP contribution in [-0.4, -0.2) is 23.3 Å². The molecule has 0 radical (unpaired) electrons. The molecule has 4 aliphatic rings. The Balaban J connectivity index is 1.54. The highest BCUT2D eigenvalue weighted by Gasteiger charge is 2.62. The van der Waals surface area contributed by atoms with Gasteiger partial charge in [-0.2, -0.15) is 0 Å². The number of rotatable bonds is 13. The molecule has 3 fully saturated rings. The summed E-state index contributed by atoms with van der Waals surface area (Å²) in [6.45, 7) is 30.9. The zero-order valence-corrected chi connectivity index (χ0v) is 34.1. The molecule has 0 spiro atoms. The average molecular weight is 669 g/mol. The second-order valence-corrected chi connectivity index (χ2v) is 21.5. The quantitative estimate of drug-likeness (QED) is 0.157. The fourth-order valence-corrected chi connectivity index (χ4v) is 12.5.